The van der Waals surface area contributed by atoms with Gasteiger partial charge in [0, 0.05) is 6.20 Å². The molecule has 0 unspecified atom stereocenters. The quantitative estimate of drug-likeness (QED) is 0.804. The van der Waals surface area contributed by atoms with Crippen LogP contribution in [-0.4, -0.2) is 18.6 Å². The molecule has 0 radical (unpaired) electrons. The highest BCUT2D eigenvalue weighted by Gasteiger charge is 2.32. The first kappa shape index (κ1) is 12.7. The molecule has 0 bridgehead atoms. The molecule has 1 aromatic heterocycles. The normalized spacial score (nSPS) is 12.2. The van der Waals surface area contributed by atoms with Crippen molar-refractivity contribution in [2.24, 2.45) is 0 Å². The topological polar surface area (TPSA) is 24.9 Å². The van der Waals surface area contributed by atoms with Crippen LogP contribution in [0.1, 0.15) is 17.7 Å². The standard InChI is InChI=1S/C11H13F3N2/c1-15-7-3-2-6-10-9(11(12,13)14)5-4-8-16-10/h2,4-6,8,15H,3,7H2,1H3. The number of rotatable bonds is 4. The summed E-state index contributed by atoms with van der Waals surface area (Å²) in [6.45, 7) is 0.727. The van der Waals surface area contributed by atoms with Gasteiger partial charge in [-0.2, -0.15) is 13.2 Å². The lowest BCUT2D eigenvalue weighted by atomic mass is 10.1. The number of aromatic nitrogens is 1. The van der Waals surface area contributed by atoms with Crippen LogP contribution in [0.5, 0.6) is 0 Å². The van der Waals surface area contributed by atoms with E-state index >= 15 is 0 Å². The van der Waals surface area contributed by atoms with E-state index in [1.807, 2.05) is 0 Å². The molecule has 0 spiro atoms. The number of hydrogen-bond donors (Lipinski definition) is 1. The maximum absolute atomic E-state index is 12.5. The maximum Gasteiger partial charge on any atom is 0.418 e. The molecule has 0 amide bonds. The third kappa shape index (κ3) is 3.66. The van der Waals surface area contributed by atoms with E-state index in [0.29, 0.717) is 6.42 Å². The first-order valence-electron chi connectivity index (χ1n) is 4.89. The summed E-state index contributed by atoms with van der Waals surface area (Å²) in [4.78, 5) is 3.72. The minimum Gasteiger partial charge on any atom is -0.319 e. The molecule has 0 aliphatic heterocycles. The molecule has 5 heteroatoms. The Bertz CT molecular complexity index is 358. The zero-order valence-corrected chi connectivity index (χ0v) is 8.88. The second-order valence-corrected chi connectivity index (χ2v) is 3.23. The lowest BCUT2D eigenvalue weighted by Gasteiger charge is -2.08. The molecule has 1 rings (SSSR count). The predicted molar refractivity (Wildman–Crippen MR) is 56.8 cm³/mol. The van der Waals surface area contributed by atoms with Crippen LogP contribution in [-0.2, 0) is 6.18 Å². The summed E-state index contributed by atoms with van der Waals surface area (Å²) in [6.07, 6.45) is 0.753. The van der Waals surface area contributed by atoms with E-state index < -0.39 is 11.7 Å². The van der Waals surface area contributed by atoms with Crippen LogP contribution >= 0.6 is 0 Å². The van der Waals surface area contributed by atoms with Gasteiger partial charge in [-0.3, -0.25) is 4.98 Å². The fourth-order valence-corrected chi connectivity index (χ4v) is 1.21. The first-order chi connectivity index (χ1) is 7.55. The molecule has 0 aliphatic carbocycles. The van der Waals surface area contributed by atoms with E-state index in [0.717, 1.165) is 12.6 Å². The van der Waals surface area contributed by atoms with Crippen molar-refractivity contribution >= 4 is 6.08 Å². The molecular weight excluding hydrogens is 217 g/mol. The second-order valence-electron chi connectivity index (χ2n) is 3.23. The van der Waals surface area contributed by atoms with Crippen LogP contribution in [0.2, 0.25) is 0 Å². The Labute approximate surface area is 92.2 Å². The Kier molecular flexibility index (Phi) is 4.49. The zero-order valence-electron chi connectivity index (χ0n) is 8.88. The van der Waals surface area contributed by atoms with Crippen LogP contribution in [0.15, 0.2) is 24.4 Å². The van der Waals surface area contributed by atoms with Gasteiger partial charge in [0.05, 0.1) is 11.3 Å². The Morgan fingerprint density at radius 2 is 2.19 bits per heavy atom. The molecule has 0 atom stereocenters. The number of halogens is 3. The molecule has 0 aromatic carbocycles. The lowest BCUT2D eigenvalue weighted by Crippen LogP contribution is -2.08. The number of pyridine rings is 1. The van der Waals surface area contributed by atoms with E-state index in [4.69, 9.17) is 0 Å². The minimum atomic E-state index is -4.35. The summed E-state index contributed by atoms with van der Waals surface area (Å²) < 4.78 is 37.6. The molecule has 1 aromatic rings. The van der Waals surface area contributed by atoms with E-state index in [1.54, 1.807) is 13.1 Å². The average molecular weight is 230 g/mol. The minimum absolute atomic E-state index is 0.0360. The lowest BCUT2D eigenvalue weighted by molar-refractivity contribution is -0.138. The van der Waals surface area contributed by atoms with Gasteiger partial charge in [0.15, 0.2) is 0 Å². The third-order valence-corrected chi connectivity index (χ3v) is 1.98. The van der Waals surface area contributed by atoms with E-state index in [9.17, 15) is 13.2 Å². The zero-order chi connectivity index (χ0) is 12.0. The van der Waals surface area contributed by atoms with Crippen molar-refractivity contribution in [1.82, 2.24) is 10.3 Å². The van der Waals surface area contributed by atoms with Gasteiger partial charge in [0.2, 0.25) is 0 Å². The van der Waals surface area contributed by atoms with Crippen molar-refractivity contribution in [2.45, 2.75) is 12.6 Å². The van der Waals surface area contributed by atoms with Gasteiger partial charge in [-0.05, 0) is 38.2 Å². The molecule has 16 heavy (non-hydrogen) atoms. The van der Waals surface area contributed by atoms with Crippen molar-refractivity contribution in [2.75, 3.05) is 13.6 Å². The second kappa shape index (κ2) is 5.65. The molecule has 88 valence electrons. The molecule has 0 saturated carbocycles. The van der Waals surface area contributed by atoms with Gasteiger partial charge in [0.1, 0.15) is 0 Å². The highest BCUT2D eigenvalue weighted by atomic mass is 19.4. The number of hydrogen-bond acceptors (Lipinski definition) is 2. The molecule has 1 heterocycles. The SMILES string of the molecule is CNCCC=Cc1ncccc1C(F)(F)F. The van der Waals surface area contributed by atoms with Crippen LogP contribution in [0.25, 0.3) is 6.08 Å². The summed E-state index contributed by atoms with van der Waals surface area (Å²) in [6, 6.07) is 2.32. The smallest absolute Gasteiger partial charge is 0.319 e. The molecule has 0 fully saturated rings. The van der Waals surface area contributed by atoms with Crippen LogP contribution < -0.4 is 5.32 Å². The summed E-state index contributed by atoms with van der Waals surface area (Å²) in [5, 5.41) is 2.90. The monoisotopic (exact) mass is 230 g/mol. The van der Waals surface area contributed by atoms with Gasteiger partial charge >= 0.3 is 6.18 Å². The number of nitrogens with zero attached hydrogens (tertiary/aromatic N) is 1. The highest BCUT2D eigenvalue weighted by Crippen LogP contribution is 2.31. The Hall–Kier alpha value is -1.36. The van der Waals surface area contributed by atoms with Gasteiger partial charge in [0.25, 0.3) is 0 Å². The number of nitrogens with one attached hydrogen (secondary N) is 1. The molecule has 0 aliphatic rings. The molecular formula is C11H13F3N2. The van der Waals surface area contributed by atoms with Gasteiger partial charge in [-0.25, -0.2) is 0 Å². The first-order valence-corrected chi connectivity index (χ1v) is 4.89. The Morgan fingerprint density at radius 1 is 1.44 bits per heavy atom. The summed E-state index contributed by atoms with van der Waals surface area (Å²) in [5.74, 6) is 0. The summed E-state index contributed by atoms with van der Waals surface area (Å²) in [5.41, 5.74) is -0.734. The molecule has 0 saturated heterocycles. The Balaban J connectivity index is 2.83. The van der Waals surface area contributed by atoms with Crippen molar-refractivity contribution in [3.05, 3.63) is 35.7 Å². The van der Waals surface area contributed by atoms with Crippen LogP contribution in [0.4, 0.5) is 13.2 Å². The summed E-state index contributed by atoms with van der Waals surface area (Å²) >= 11 is 0. The fraction of sp³-hybridized carbons (Fsp3) is 0.364. The van der Waals surface area contributed by atoms with Crippen LogP contribution in [0.3, 0.4) is 0 Å². The fourth-order valence-electron chi connectivity index (χ4n) is 1.21. The van der Waals surface area contributed by atoms with Crippen molar-refractivity contribution in [3.63, 3.8) is 0 Å². The largest absolute Gasteiger partial charge is 0.418 e. The van der Waals surface area contributed by atoms with E-state index in [2.05, 4.69) is 10.3 Å². The van der Waals surface area contributed by atoms with Gasteiger partial charge in [-0.1, -0.05) is 6.08 Å². The van der Waals surface area contributed by atoms with E-state index in [1.165, 1.54) is 18.3 Å². The van der Waals surface area contributed by atoms with Crippen molar-refractivity contribution in [3.8, 4) is 0 Å². The van der Waals surface area contributed by atoms with E-state index in [-0.39, 0.29) is 5.69 Å². The maximum atomic E-state index is 12.5. The van der Waals surface area contributed by atoms with Crippen molar-refractivity contribution < 1.29 is 13.2 Å². The molecule has 1 N–H and O–H groups in total. The number of alkyl halides is 3. The third-order valence-electron chi connectivity index (χ3n) is 1.98. The highest BCUT2D eigenvalue weighted by molar-refractivity contribution is 5.49. The van der Waals surface area contributed by atoms with Gasteiger partial charge < -0.3 is 5.32 Å². The predicted octanol–water partition coefficient (Wildman–Crippen LogP) is 2.72. The van der Waals surface area contributed by atoms with Crippen molar-refractivity contribution in [1.29, 1.82) is 0 Å². The molecule has 2 nitrogen and oxygen atoms in total. The van der Waals surface area contributed by atoms with Crippen LogP contribution in [0, 0.1) is 0 Å². The average Bonchev–Trinajstić information content (AvgIpc) is 2.24. The van der Waals surface area contributed by atoms with Gasteiger partial charge in [-0.15, -0.1) is 0 Å². The Morgan fingerprint density at radius 3 is 2.81 bits per heavy atom. The summed E-state index contributed by atoms with van der Waals surface area (Å²) in [7, 11) is 1.79.